The van der Waals surface area contributed by atoms with Gasteiger partial charge in [-0.3, -0.25) is 0 Å². The monoisotopic (exact) mass is 389 g/mol. The van der Waals surface area contributed by atoms with Crippen LogP contribution in [0.4, 0.5) is 14.6 Å². The molecule has 2 aromatic rings. The Morgan fingerprint density at radius 1 is 1.35 bits per heavy atom. The van der Waals surface area contributed by atoms with Crippen LogP contribution in [0.25, 0.3) is 11.4 Å². The van der Waals surface area contributed by atoms with Crippen molar-refractivity contribution >= 4 is 28.4 Å². The van der Waals surface area contributed by atoms with Gasteiger partial charge >= 0.3 is 0 Å². The first-order valence-electron chi connectivity index (χ1n) is 6.26. The lowest BCUT2D eigenvalue weighted by molar-refractivity contribution is 0.151. The zero-order chi connectivity index (χ0) is 14.5. The van der Waals surface area contributed by atoms with Crippen molar-refractivity contribution in [3.63, 3.8) is 0 Å². The number of rotatable bonds is 5. The maximum Gasteiger partial charge on any atom is 0.263 e. The van der Waals surface area contributed by atoms with Gasteiger partial charge < -0.3 is 5.32 Å². The summed E-state index contributed by atoms with van der Waals surface area (Å²) < 4.78 is 26.3. The third-order valence-corrected chi connectivity index (χ3v) is 3.47. The predicted molar refractivity (Wildman–Crippen MR) is 83.9 cm³/mol. The molecule has 1 aromatic heterocycles. The lowest BCUT2D eigenvalue weighted by atomic mass is 10.1. The summed E-state index contributed by atoms with van der Waals surface area (Å²) in [6, 6.07) is 6.16. The lowest BCUT2D eigenvalue weighted by Gasteiger charge is -2.09. The van der Waals surface area contributed by atoms with E-state index >= 15 is 0 Å². The number of hydrogen-bond donors (Lipinski definition) is 1. The highest BCUT2D eigenvalue weighted by Crippen LogP contribution is 2.25. The molecule has 1 aromatic carbocycles. The van der Waals surface area contributed by atoms with E-state index in [1.54, 1.807) is 18.3 Å². The number of nitrogens with one attached hydrogen (secondary N) is 1. The van der Waals surface area contributed by atoms with E-state index in [-0.39, 0.29) is 5.56 Å². The molecule has 0 unspecified atom stereocenters. The van der Waals surface area contributed by atoms with Crippen LogP contribution in [0.3, 0.4) is 0 Å². The Morgan fingerprint density at radius 3 is 2.85 bits per heavy atom. The first-order valence-corrected chi connectivity index (χ1v) is 7.34. The minimum absolute atomic E-state index is 0.0206. The van der Waals surface area contributed by atoms with Crippen molar-refractivity contribution in [1.82, 2.24) is 9.97 Å². The highest BCUT2D eigenvalue weighted by molar-refractivity contribution is 14.1. The summed E-state index contributed by atoms with van der Waals surface area (Å²) in [6.45, 7) is 2.87. The Balaban J connectivity index is 2.35. The summed E-state index contributed by atoms with van der Waals surface area (Å²) in [7, 11) is 0. The molecule has 0 saturated heterocycles. The second-order valence-electron chi connectivity index (χ2n) is 4.24. The van der Waals surface area contributed by atoms with Crippen LogP contribution in [0.2, 0.25) is 0 Å². The number of aromatic nitrogens is 2. The molecule has 0 amide bonds. The quantitative estimate of drug-likeness (QED) is 0.765. The van der Waals surface area contributed by atoms with Crippen molar-refractivity contribution in [2.45, 2.75) is 19.8 Å². The number of nitrogens with zero attached hydrogens (tertiary/aromatic N) is 2. The van der Waals surface area contributed by atoms with Gasteiger partial charge in [0.05, 0.1) is 3.57 Å². The van der Waals surface area contributed by atoms with Gasteiger partial charge in [-0.1, -0.05) is 25.1 Å². The van der Waals surface area contributed by atoms with E-state index in [1.165, 1.54) is 12.1 Å². The first kappa shape index (κ1) is 15.1. The predicted octanol–water partition coefficient (Wildman–Crippen LogP) is 4.51. The molecule has 0 aliphatic heterocycles. The molecule has 3 nitrogen and oxygen atoms in total. The highest BCUT2D eigenvalue weighted by atomic mass is 127. The topological polar surface area (TPSA) is 37.8 Å². The molecular formula is C14H14F2IN3. The normalized spacial score (nSPS) is 10.8. The summed E-state index contributed by atoms with van der Waals surface area (Å²) in [6.07, 6.45) is 0.183. The van der Waals surface area contributed by atoms with Crippen LogP contribution in [0.15, 0.2) is 30.5 Å². The molecule has 6 heteroatoms. The summed E-state index contributed by atoms with van der Waals surface area (Å²) in [5, 5.41) is 3.20. The average molecular weight is 389 g/mol. The van der Waals surface area contributed by atoms with E-state index < -0.39 is 6.43 Å². The third-order valence-electron chi connectivity index (χ3n) is 2.68. The Labute approximate surface area is 130 Å². The van der Waals surface area contributed by atoms with E-state index in [2.05, 4.69) is 44.8 Å². The van der Waals surface area contributed by atoms with E-state index in [9.17, 15) is 8.78 Å². The number of hydrogen-bond acceptors (Lipinski definition) is 3. The zero-order valence-corrected chi connectivity index (χ0v) is 13.1. The van der Waals surface area contributed by atoms with Crippen molar-refractivity contribution in [2.24, 2.45) is 0 Å². The molecule has 2 rings (SSSR count). The Kier molecular flexibility index (Phi) is 5.22. The van der Waals surface area contributed by atoms with E-state index in [4.69, 9.17) is 0 Å². The molecule has 0 spiro atoms. The second kappa shape index (κ2) is 6.92. The second-order valence-corrected chi connectivity index (χ2v) is 5.41. The smallest absolute Gasteiger partial charge is 0.263 e. The van der Waals surface area contributed by atoms with Gasteiger partial charge in [0.1, 0.15) is 5.82 Å². The molecule has 0 aliphatic carbocycles. The van der Waals surface area contributed by atoms with Gasteiger partial charge in [-0.25, -0.2) is 18.7 Å². The molecule has 0 bridgehead atoms. The number of anilines is 1. The molecule has 0 fully saturated rings. The molecule has 0 saturated carbocycles. The van der Waals surface area contributed by atoms with Crippen LogP contribution < -0.4 is 5.32 Å². The van der Waals surface area contributed by atoms with E-state index in [1.807, 2.05) is 0 Å². The van der Waals surface area contributed by atoms with Crippen LogP contribution >= 0.6 is 22.6 Å². The van der Waals surface area contributed by atoms with Gasteiger partial charge in [-0.15, -0.1) is 0 Å². The van der Waals surface area contributed by atoms with Gasteiger partial charge in [0.25, 0.3) is 6.43 Å². The number of alkyl halides is 2. The van der Waals surface area contributed by atoms with Crippen LogP contribution in [0.5, 0.6) is 0 Å². The molecule has 0 atom stereocenters. The summed E-state index contributed by atoms with van der Waals surface area (Å²) >= 11 is 2.15. The Bertz CT molecular complexity index is 590. The molecule has 106 valence electrons. The molecule has 1 N–H and O–H groups in total. The Hall–Kier alpha value is -1.31. The van der Waals surface area contributed by atoms with Gasteiger partial charge in [-0.2, -0.15) is 0 Å². The molecule has 1 heterocycles. The number of halogens is 3. The van der Waals surface area contributed by atoms with Crippen molar-refractivity contribution in [2.75, 3.05) is 11.9 Å². The van der Waals surface area contributed by atoms with Crippen molar-refractivity contribution < 1.29 is 8.78 Å². The van der Waals surface area contributed by atoms with Gasteiger partial charge in [0.2, 0.25) is 0 Å². The van der Waals surface area contributed by atoms with Crippen molar-refractivity contribution in [3.8, 4) is 11.4 Å². The number of benzene rings is 1. The maximum absolute atomic E-state index is 12.7. The van der Waals surface area contributed by atoms with Gasteiger partial charge in [0, 0.05) is 23.9 Å². The Morgan fingerprint density at radius 2 is 2.15 bits per heavy atom. The van der Waals surface area contributed by atoms with Gasteiger partial charge in [-0.05, 0) is 35.1 Å². The van der Waals surface area contributed by atoms with E-state index in [0.717, 1.165) is 22.4 Å². The standard InChI is InChI=1S/C14H14F2IN3/c1-2-6-18-14-11(17)8-19-13(20-14)10-5-3-4-9(7-10)12(15)16/h3-5,7-8,12H,2,6H2,1H3,(H,18,19,20). The van der Waals surface area contributed by atoms with Crippen LogP contribution in [-0.2, 0) is 0 Å². The fourth-order valence-corrected chi connectivity index (χ4v) is 2.14. The van der Waals surface area contributed by atoms with Crippen LogP contribution in [-0.4, -0.2) is 16.5 Å². The third kappa shape index (κ3) is 3.62. The molecule has 0 aliphatic rings. The summed E-state index contributed by atoms with van der Waals surface area (Å²) in [4.78, 5) is 8.62. The molecular weight excluding hydrogens is 375 g/mol. The van der Waals surface area contributed by atoms with Crippen molar-refractivity contribution in [3.05, 3.63) is 39.6 Å². The zero-order valence-electron chi connectivity index (χ0n) is 10.9. The highest BCUT2D eigenvalue weighted by Gasteiger charge is 2.11. The minimum atomic E-state index is -2.49. The minimum Gasteiger partial charge on any atom is -0.369 e. The van der Waals surface area contributed by atoms with Crippen LogP contribution in [0.1, 0.15) is 25.3 Å². The van der Waals surface area contributed by atoms with E-state index in [0.29, 0.717) is 11.4 Å². The van der Waals surface area contributed by atoms with Crippen LogP contribution in [0, 0.1) is 3.57 Å². The summed E-state index contributed by atoms with van der Waals surface area (Å²) in [5.41, 5.74) is 0.575. The molecule has 0 radical (unpaired) electrons. The fourth-order valence-electron chi connectivity index (χ4n) is 1.69. The SMILES string of the molecule is CCCNc1nc(-c2cccc(C(F)F)c2)ncc1I. The largest absolute Gasteiger partial charge is 0.369 e. The average Bonchev–Trinajstić information content (AvgIpc) is 2.46. The van der Waals surface area contributed by atoms with Crippen molar-refractivity contribution in [1.29, 1.82) is 0 Å². The summed E-state index contributed by atoms with van der Waals surface area (Å²) in [5.74, 6) is 1.19. The fraction of sp³-hybridized carbons (Fsp3) is 0.286. The maximum atomic E-state index is 12.7. The molecule has 20 heavy (non-hydrogen) atoms. The lowest BCUT2D eigenvalue weighted by Crippen LogP contribution is -2.05. The first-order chi connectivity index (χ1) is 9.61. The van der Waals surface area contributed by atoms with Gasteiger partial charge in [0.15, 0.2) is 5.82 Å².